The minimum Gasteiger partial charge on any atom is -0.382 e. The number of anilines is 1. The summed E-state index contributed by atoms with van der Waals surface area (Å²) >= 11 is 0. The summed E-state index contributed by atoms with van der Waals surface area (Å²) in [4.78, 5) is 12.4. The van der Waals surface area contributed by atoms with Crippen LogP contribution in [-0.2, 0) is 6.54 Å². The lowest BCUT2D eigenvalue weighted by atomic mass is 10.2. The van der Waals surface area contributed by atoms with Gasteiger partial charge in [-0.1, -0.05) is 0 Å². The third-order valence-corrected chi connectivity index (χ3v) is 2.43. The molecule has 2 heterocycles. The van der Waals surface area contributed by atoms with E-state index in [1.165, 1.54) is 6.07 Å². The summed E-state index contributed by atoms with van der Waals surface area (Å²) in [5, 5.41) is 8.68. The van der Waals surface area contributed by atoms with Gasteiger partial charge < -0.3 is 16.0 Å². The first-order chi connectivity index (χ1) is 8.77. The summed E-state index contributed by atoms with van der Waals surface area (Å²) < 4.78 is 44.9. The third-order valence-electron chi connectivity index (χ3n) is 2.43. The van der Waals surface area contributed by atoms with Gasteiger partial charge in [0, 0.05) is 6.54 Å². The van der Waals surface area contributed by atoms with Gasteiger partial charge in [-0.2, -0.15) is 18.3 Å². The topological polar surface area (TPSA) is 84.1 Å². The zero-order valence-electron chi connectivity index (χ0n) is 10.0. The van der Waals surface area contributed by atoms with Crippen molar-refractivity contribution in [2.24, 2.45) is 0 Å². The van der Waals surface area contributed by atoms with Crippen LogP contribution in [0.25, 0.3) is 0 Å². The highest BCUT2D eigenvalue weighted by Gasteiger charge is 2.46. The summed E-state index contributed by atoms with van der Waals surface area (Å²) in [6.07, 6.45) is -4.72. The Morgan fingerprint density at radius 1 is 1.67 bits per heavy atom. The monoisotopic (exact) mass is 262 g/mol. The van der Waals surface area contributed by atoms with Crippen LogP contribution in [0.3, 0.4) is 0 Å². The van der Waals surface area contributed by atoms with E-state index in [0.29, 0.717) is 0 Å². The summed E-state index contributed by atoms with van der Waals surface area (Å²) in [6.45, 7) is -0.680. The molecule has 98 valence electrons. The molecule has 3 N–H and O–H groups in total. The Morgan fingerprint density at radius 3 is 3.00 bits per heavy atom. The number of nitrogens with zero attached hydrogens (tertiary/aromatic N) is 3. The molecule has 9 heteroatoms. The van der Waals surface area contributed by atoms with Crippen LogP contribution in [0.2, 0.25) is 0 Å². The number of alkyl halides is 3. The molecule has 0 radical (unpaired) electrons. The van der Waals surface area contributed by atoms with Crippen molar-refractivity contribution in [1.29, 1.82) is 0 Å². The first-order valence-corrected chi connectivity index (χ1v) is 4.98. The van der Waals surface area contributed by atoms with Gasteiger partial charge in [-0.15, -0.1) is 5.10 Å². The average Bonchev–Trinajstić information content (AvgIpc) is 2.65. The second-order valence-electron chi connectivity index (χ2n) is 3.83. The van der Waals surface area contributed by atoms with E-state index in [9.17, 15) is 18.0 Å². The largest absolute Gasteiger partial charge is 0.410 e. The molecule has 1 saturated heterocycles. The second kappa shape index (κ2) is 4.31. The summed E-state index contributed by atoms with van der Waals surface area (Å²) in [5.74, 6) is 0.0398. The average molecular weight is 262 g/mol. The number of hydrogen-bond donors (Lipinski definition) is 2. The first-order valence-electron chi connectivity index (χ1n) is 5.48. The molecular formula is C9H10F3N5O. The minimum atomic E-state index is -4.50. The maximum Gasteiger partial charge on any atom is 0.410 e. The normalized spacial score (nSPS) is 20.8. The highest BCUT2D eigenvalue weighted by atomic mass is 19.4. The van der Waals surface area contributed by atoms with Crippen LogP contribution in [0.5, 0.6) is 0 Å². The molecule has 18 heavy (non-hydrogen) atoms. The Bertz CT molecular complexity index is 509. The van der Waals surface area contributed by atoms with Crippen LogP contribution in [0.4, 0.5) is 23.8 Å². The van der Waals surface area contributed by atoms with Crippen LogP contribution in [0, 0.1) is 0 Å². The summed E-state index contributed by atoms with van der Waals surface area (Å²) in [7, 11) is 0. The van der Waals surface area contributed by atoms with E-state index in [2.05, 4.69) is 10.2 Å². The van der Waals surface area contributed by atoms with E-state index in [0.717, 1.165) is 4.90 Å². The zero-order valence-corrected chi connectivity index (χ0v) is 9.03. The van der Waals surface area contributed by atoms with Gasteiger partial charge in [0.15, 0.2) is 0 Å². The molecule has 1 atom stereocenters. The minimum absolute atomic E-state index is 0.0398. The molecule has 1 fully saturated rings. The van der Waals surface area contributed by atoms with Crippen molar-refractivity contribution in [2.75, 3.05) is 12.3 Å². The zero-order chi connectivity index (χ0) is 14.2. The quantitative estimate of drug-likeness (QED) is 0.813. The molecule has 0 spiro atoms. The fourth-order valence-corrected chi connectivity index (χ4v) is 1.58. The lowest BCUT2D eigenvalue weighted by Crippen LogP contribution is -2.40. The summed E-state index contributed by atoms with van der Waals surface area (Å²) in [6, 6.07) is -1.43. The fourth-order valence-electron chi connectivity index (χ4n) is 1.58. The number of halogens is 3. The SMILES string of the molecule is [2H]c1nnc(N)cc1CN1C[C@@H](C(F)(F)F)NC1=O. The van der Waals surface area contributed by atoms with E-state index in [-0.39, 0.29) is 24.1 Å². The Balaban J connectivity index is 2.12. The number of amides is 2. The number of nitrogens with two attached hydrogens (primary N) is 1. The lowest BCUT2D eigenvalue weighted by Gasteiger charge is -2.15. The van der Waals surface area contributed by atoms with Gasteiger partial charge >= 0.3 is 12.2 Å². The van der Waals surface area contributed by atoms with Gasteiger partial charge in [0.05, 0.1) is 14.1 Å². The Kier molecular flexibility index (Phi) is 2.65. The number of rotatable bonds is 2. The van der Waals surface area contributed by atoms with Crippen LogP contribution in [-0.4, -0.2) is 39.9 Å². The van der Waals surface area contributed by atoms with Crippen molar-refractivity contribution in [1.82, 2.24) is 20.4 Å². The number of urea groups is 1. The number of aromatic nitrogens is 2. The van der Waals surface area contributed by atoms with Crippen LogP contribution < -0.4 is 11.1 Å². The summed E-state index contributed by atoms with van der Waals surface area (Å²) in [5.41, 5.74) is 5.62. The predicted octanol–water partition coefficient (Wildman–Crippen LogP) is 0.515. The highest BCUT2D eigenvalue weighted by Crippen LogP contribution is 2.25. The first kappa shape index (κ1) is 11.1. The van der Waals surface area contributed by atoms with E-state index in [1.54, 1.807) is 0 Å². The van der Waals surface area contributed by atoms with Gasteiger partial charge in [0.1, 0.15) is 11.9 Å². The molecule has 1 aliphatic rings. The van der Waals surface area contributed by atoms with Crippen molar-refractivity contribution in [3.63, 3.8) is 0 Å². The van der Waals surface area contributed by atoms with Crippen molar-refractivity contribution >= 4 is 11.8 Å². The number of nitrogen functional groups attached to an aromatic ring is 1. The fraction of sp³-hybridized carbons (Fsp3) is 0.444. The van der Waals surface area contributed by atoms with Gasteiger partial charge in [0.25, 0.3) is 0 Å². The predicted molar refractivity (Wildman–Crippen MR) is 55.2 cm³/mol. The number of hydrogen-bond acceptors (Lipinski definition) is 4. The lowest BCUT2D eigenvalue weighted by molar-refractivity contribution is -0.149. The molecule has 2 rings (SSSR count). The smallest absolute Gasteiger partial charge is 0.382 e. The maximum atomic E-state index is 12.5. The molecule has 0 bridgehead atoms. The third kappa shape index (κ3) is 2.60. The molecule has 0 saturated carbocycles. The molecule has 1 aromatic heterocycles. The van der Waals surface area contributed by atoms with Crippen molar-refractivity contribution in [3.8, 4) is 0 Å². The molecular weight excluding hydrogens is 251 g/mol. The molecule has 6 nitrogen and oxygen atoms in total. The van der Waals surface area contributed by atoms with E-state index in [1.807, 2.05) is 5.32 Å². The molecule has 2 amide bonds. The second-order valence-corrected chi connectivity index (χ2v) is 3.83. The Labute approximate surface area is 101 Å². The Hall–Kier alpha value is -2.06. The molecule has 1 aromatic rings. The molecule has 0 unspecified atom stereocenters. The van der Waals surface area contributed by atoms with Crippen LogP contribution >= 0.6 is 0 Å². The van der Waals surface area contributed by atoms with Crippen LogP contribution in [0.15, 0.2) is 12.2 Å². The van der Waals surface area contributed by atoms with E-state index in [4.69, 9.17) is 7.10 Å². The molecule has 0 aromatic carbocycles. The molecule has 1 aliphatic heterocycles. The van der Waals surface area contributed by atoms with E-state index >= 15 is 0 Å². The highest BCUT2D eigenvalue weighted by molar-refractivity contribution is 5.77. The number of carbonyl (C=O) groups excluding carboxylic acids is 1. The molecule has 0 aliphatic carbocycles. The number of carbonyl (C=O) groups is 1. The van der Waals surface area contributed by atoms with E-state index < -0.39 is 24.8 Å². The maximum absolute atomic E-state index is 12.5. The van der Waals surface area contributed by atoms with Crippen LogP contribution in [0.1, 0.15) is 6.93 Å². The van der Waals surface area contributed by atoms with Crippen molar-refractivity contribution in [2.45, 2.75) is 18.8 Å². The van der Waals surface area contributed by atoms with Gasteiger partial charge in [-0.05, 0) is 11.6 Å². The van der Waals surface area contributed by atoms with Gasteiger partial charge in [-0.3, -0.25) is 0 Å². The van der Waals surface area contributed by atoms with Crippen molar-refractivity contribution < 1.29 is 19.3 Å². The van der Waals surface area contributed by atoms with Gasteiger partial charge in [0.2, 0.25) is 0 Å². The van der Waals surface area contributed by atoms with Gasteiger partial charge in [-0.25, -0.2) is 4.79 Å². The van der Waals surface area contributed by atoms with Crippen molar-refractivity contribution in [3.05, 3.63) is 17.8 Å². The Morgan fingerprint density at radius 2 is 2.39 bits per heavy atom. The standard InChI is InChI=1S/C9H10F3N5O/c10-9(11,12)6-4-17(8(18)15-6)3-5-1-7(13)16-14-2-5/h1-2,6H,3-4H2,(H2,13,16)(H,15,18)/t6-/m0/s1/i2D. The number of nitrogens with one attached hydrogen (secondary N) is 1.